The number of carbonyl (C=O) groups excluding carboxylic acids is 1. The van der Waals surface area contributed by atoms with Gasteiger partial charge in [-0.2, -0.15) is 0 Å². The lowest BCUT2D eigenvalue weighted by atomic mass is 10.1. The quantitative estimate of drug-likeness (QED) is 0.832. The van der Waals surface area contributed by atoms with Crippen LogP contribution in [0.1, 0.15) is 24.2 Å². The number of ether oxygens (including phenoxy) is 1. The van der Waals surface area contributed by atoms with E-state index in [1.807, 2.05) is 32.0 Å². The van der Waals surface area contributed by atoms with Crippen LogP contribution in [0, 0.1) is 0 Å². The standard InChI is InChI=1S/C16H20N2O3/c1-5-11-15(16(20)21-6-2)14-10(9-18(3)4)13(19)8-7-12(14)17-11/h5,7-9,17,19H,6H2,1-4H3. The molecule has 112 valence electrons. The van der Waals surface area contributed by atoms with Gasteiger partial charge >= 0.3 is 5.97 Å². The number of H-pyrrole nitrogens is 1. The van der Waals surface area contributed by atoms with E-state index in [1.54, 1.807) is 25.3 Å². The molecule has 1 aromatic heterocycles. The number of aromatic amines is 1. The maximum absolute atomic E-state index is 12.3. The number of aromatic nitrogens is 1. The summed E-state index contributed by atoms with van der Waals surface area (Å²) in [5.74, 6) is -0.265. The SMILES string of the molecule is CC=c1[nH]c2ccc(O)c(=CN(C)C)c2c1C(=O)OCC. The third kappa shape index (κ3) is 2.72. The number of phenols is 1. The fourth-order valence-electron chi connectivity index (χ4n) is 2.34. The lowest BCUT2D eigenvalue weighted by Gasteiger charge is -2.06. The van der Waals surface area contributed by atoms with E-state index in [-0.39, 0.29) is 5.75 Å². The number of nitrogens with one attached hydrogen (secondary N) is 1. The number of nitrogens with zero attached hydrogens (tertiary/aromatic N) is 1. The number of aromatic hydroxyl groups is 1. The Morgan fingerprint density at radius 1 is 1.43 bits per heavy atom. The summed E-state index contributed by atoms with van der Waals surface area (Å²) in [5, 5.41) is 12.1. The van der Waals surface area contributed by atoms with Gasteiger partial charge in [0.05, 0.1) is 12.2 Å². The topological polar surface area (TPSA) is 65.6 Å². The molecule has 2 N–H and O–H groups in total. The molecule has 5 heteroatoms. The van der Waals surface area contributed by atoms with Crippen LogP contribution in [0.3, 0.4) is 0 Å². The smallest absolute Gasteiger partial charge is 0.340 e. The third-order valence-corrected chi connectivity index (χ3v) is 3.17. The van der Waals surface area contributed by atoms with Crippen LogP contribution in [-0.2, 0) is 4.74 Å². The largest absolute Gasteiger partial charge is 0.507 e. The summed E-state index contributed by atoms with van der Waals surface area (Å²) in [6, 6.07) is 3.37. The summed E-state index contributed by atoms with van der Waals surface area (Å²) in [4.78, 5) is 17.3. The summed E-state index contributed by atoms with van der Waals surface area (Å²) in [5.41, 5.74) is 1.25. The van der Waals surface area contributed by atoms with Crippen molar-refractivity contribution < 1.29 is 14.6 Å². The molecule has 0 atom stereocenters. The molecule has 0 saturated heterocycles. The van der Waals surface area contributed by atoms with Gasteiger partial charge in [-0.3, -0.25) is 0 Å². The van der Waals surface area contributed by atoms with Gasteiger partial charge < -0.3 is 19.7 Å². The van der Waals surface area contributed by atoms with E-state index in [1.165, 1.54) is 0 Å². The predicted octanol–water partition coefficient (Wildman–Crippen LogP) is 1.15. The molecule has 0 bridgehead atoms. The second kappa shape index (κ2) is 5.91. The Labute approximate surface area is 123 Å². The van der Waals surface area contributed by atoms with Crippen molar-refractivity contribution in [1.29, 1.82) is 0 Å². The van der Waals surface area contributed by atoms with Crippen molar-refractivity contribution in [2.24, 2.45) is 0 Å². The molecule has 0 amide bonds. The van der Waals surface area contributed by atoms with E-state index < -0.39 is 5.97 Å². The van der Waals surface area contributed by atoms with Gasteiger partial charge in [0.2, 0.25) is 0 Å². The zero-order valence-corrected chi connectivity index (χ0v) is 12.7. The molecule has 0 aliphatic carbocycles. The van der Waals surface area contributed by atoms with E-state index >= 15 is 0 Å². The molecule has 21 heavy (non-hydrogen) atoms. The fraction of sp³-hybridized carbons (Fsp3) is 0.312. The third-order valence-electron chi connectivity index (χ3n) is 3.17. The second-order valence-electron chi connectivity index (χ2n) is 4.94. The molecule has 2 aromatic rings. The highest BCUT2D eigenvalue weighted by atomic mass is 16.5. The van der Waals surface area contributed by atoms with Gasteiger partial charge in [0.25, 0.3) is 0 Å². The Balaban J connectivity index is 2.95. The first-order valence-corrected chi connectivity index (χ1v) is 6.85. The first kappa shape index (κ1) is 15.0. The van der Waals surface area contributed by atoms with E-state index in [0.29, 0.717) is 28.1 Å². The van der Waals surface area contributed by atoms with E-state index in [0.717, 1.165) is 5.52 Å². The molecule has 0 unspecified atom stereocenters. The maximum Gasteiger partial charge on any atom is 0.340 e. The van der Waals surface area contributed by atoms with E-state index in [4.69, 9.17) is 4.74 Å². The van der Waals surface area contributed by atoms with Gasteiger partial charge in [-0.25, -0.2) is 4.79 Å². The van der Waals surface area contributed by atoms with E-state index in [9.17, 15) is 9.90 Å². The van der Waals surface area contributed by atoms with Crippen molar-refractivity contribution in [1.82, 2.24) is 9.88 Å². The van der Waals surface area contributed by atoms with Crippen LogP contribution in [0.4, 0.5) is 0 Å². The van der Waals surface area contributed by atoms with Crippen molar-refractivity contribution in [3.63, 3.8) is 0 Å². The van der Waals surface area contributed by atoms with Crippen molar-refractivity contribution in [2.45, 2.75) is 13.8 Å². The summed E-state index contributed by atoms with van der Waals surface area (Å²) >= 11 is 0. The molecular formula is C16H20N2O3. The van der Waals surface area contributed by atoms with Crippen LogP contribution in [0.15, 0.2) is 12.1 Å². The highest BCUT2D eigenvalue weighted by molar-refractivity contribution is 6.05. The fourth-order valence-corrected chi connectivity index (χ4v) is 2.34. The summed E-state index contributed by atoms with van der Waals surface area (Å²) in [6.45, 7) is 3.93. The van der Waals surface area contributed by atoms with Gasteiger partial charge in [0.1, 0.15) is 5.75 Å². The first-order chi connectivity index (χ1) is 9.99. The zero-order valence-electron chi connectivity index (χ0n) is 12.7. The summed E-state index contributed by atoms with van der Waals surface area (Å²) < 4.78 is 5.15. The Bertz CT molecular complexity index is 788. The van der Waals surface area contributed by atoms with Crippen LogP contribution < -0.4 is 10.6 Å². The minimum Gasteiger partial charge on any atom is -0.507 e. The monoisotopic (exact) mass is 288 g/mol. The average Bonchev–Trinajstić information content (AvgIpc) is 2.80. The first-order valence-electron chi connectivity index (χ1n) is 6.85. The molecule has 0 spiro atoms. The van der Waals surface area contributed by atoms with Crippen LogP contribution in [-0.4, -0.2) is 41.7 Å². The number of phenolic OH excluding ortho intramolecular Hbond substituents is 1. The van der Waals surface area contributed by atoms with Gasteiger partial charge in [-0.05, 0) is 26.0 Å². The van der Waals surface area contributed by atoms with Gasteiger partial charge in [-0.1, -0.05) is 6.08 Å². The number of esters is 1. The molecule has 2 rings (SSSR count). The highest BCUT2D eigenvalue weighted by Gasteiger charge is 2.18. The number of hydrogen-bond acceptors (Lipinski definition) is 4. The predicted molar refractivity (Wildman–Crippen MR) is 83.5 cm³/mol. The lowest BCUT2D eigenvalue weighted by Crippen LogP contribution is -2.19. The minimum absolute atomic E-state index is 0.128. The lowest BCUT2D eigenvalue weighted by molar-refractivity contribution is 0.0527. The number of hydrogen-bond donors (Lipinski definition) is 2. The highest BCUT2D eigenvalue weighted by Crippen LogP contribution is 2.16. The number of carbonyl (C=O) groups is 1. The van der Waals surface area contributed by atoms with Crippen LogP contribution in [0.5, 0.6) is 5.75 Å². The van der Waals surface area contributed by atoms with E-state index in [2.05, 4.69) is 4.98 Å². The summed E-state index contributed by atoms with van der Waals surface area (Å²) in [6.07, 6.45) is 3.61. The Hall–Kier alpha value is -2.43. The van der Waals surface area contributed by atoms with Gasteiger partial charge in [-0.15, -0.1) is 0 Å². The van der Waals surface area contributed by atoms with Crippen molar-refractivity contribution in [2.75, 3.05) is 20.7 Å². The number of fused-ring (bicyclic) bond motifs is 1. The normalized spacial score (nSPS) is 13.0. The molecule has 0 aliphatic rings. The Kier molecular flexibility index (Phi) is 4.21. The van der Waals surface area contributed by atoms with Crippen LogP contribution in [0.25, 0.3) is 23.2 Å². The molecule has 1 aromatic carbocycles. The van der Waals surface area contributed by atoms with Crippen molar-refractivity contribution in [3.05, 3.63) is 28.3 Å². The number of benzene rings is 1. The van der Waals surface area contributed by atoms with Crippen LogP contribution >= 0.6 is 0 Å². The summed E-state index contributed by atoms with van der Waals surface area (Å²) in [7, 11) is 3.73. The van der Waals surface area contributed by atoms with Gasteiger partial charge in [0.15, 0.2) is 0 Å². The molecule has 0 radical (unpaired) electrons. The molecular weight excluding hydrogens is 268 g/mol. The number of rotatable bonds is 3. The minimum atomic E-state index is -0.393. The maximum atomic E-state index is 12.3. The second-order valence-corrected chi connectivity index (χ2v) is 4.94. The molecule has 0 fully saturated rings. The van der Waals surface area contributed by atoms with Crippen molar-refractivity contribution >= 4 is 29.1 Å². The molecule has 5 nitrogen and oxygen atoms in total. The molecule has 0 aliphatic heterocycles. The molecule has 1 heterocycles. The van der Waals surface area contributed by atoms with Gasteiger partial charge in [0, 0.05) is 41.8 Å². The van der Waals surface area contributed by atoms with Crippen molar-refractivity contribution in [3.8, 4) is 5.75 Å². The molecule has 0 saturated carbocycles. The zero-order chi connectivity index (χ0) is 15.6. The Morgan fingerprint density at radius 3 is 2.71 bits per heavy atom. The Morgan fingerprint density at radius 2 is 2.14 bits per heavy atom. The van der Waals surface area contributed by atoms with Crippen LogP contribution in [0.2, 0.25) is 0 Å². The average molecular weight is 288 g/mol.